The highest BCUT2D eigenvalue weighted by Crippen LogP contribution is 2.48. The summed E-state index contributed by atoms with van der Waals surface area (Å²) in [6.07, 6.45) is -2.75. The number of hydrogen-bond acceptors (Lipinski definition) is 1. The van der Waals surface area contributed by atoms with Crippen molar-refractivity contribution < 1.29 is 13.2 Å². The fourth-order valence-corrected chi connectivity index (χ4v) is 2.15. The molecule has 1 aromatic carbocycles. The van der Waals surface area contributed by atoms with Crippen LogP contribution in [0.1, 0.15) is 30.0 Å². The molecule has 18 heavy (non-hydrogen) atoms. The van der Waals surface area contributed by atoms with Gasteiger partial charge in [0.15, 0.2) is 0 Å². The quantitative estimate of drug-likeness (QED) is 0.860. The summed E-state index contributed by atoms with van der Waals surface area (Å²) in [4.78, 5) is 0. The van der Waals surface area contributed by atoms with E-state index >= 15 is 0 Å². The predicted molar refractivity (Wildman–Crippen MR) is 61.0 cm³/mol. The molecule has 2 aromatic rings. The maximum Gasteiger partial charge on any atom is 0.433 e. The number of aromatic nitrogens is 2. The van der Waals surface area contributed by atoms with E-state index in [1.807, 2.05) is 6.07 Å². The number of hydrogen-bond donors (Lipinski definition) is 1. The molecule has 2 nitrogen and oxygen atoms in total. The standard InChI is InChI=1S/C13H11F3N2/c14-13(15,16)12-10(8-6-7-8)11(17-18-12)9-4-2-1-3-5-9/h1-5,8H,6-7H2,(H,17,18). The van der Waals surface area contributed by atoms with Gasteiger partial charge < -0.3 is 0 Å². The number of benzene rings is 1. The summed E-state index contributed by atoms with van der Waals surface area (Å²) in [5.74, 6) is -0.00409. The molecule has 0 aliphatic heterocycles. The van der Waals surface area contributed by atoms with E-state index in [1.54, 1.807) is 24.3 Å². The van der Waals surface area contributed by atoms with E-state index in [0.717, 1.165) is 18.4 Å². The molecule has 0 atom stereocenters. The third-order valence-electron chi connectivity index (χ3n) is 3.12. The SMILES string of the molecule is FC(F)(F)c1[nH]nc(-c2ccccc2)c1C1CC1. The van der Waals surface area contributed by atoms with Crippen LogP contribution in [0.25, 0.3) is 11.3 Å². The van der Waals surface area contributed by atoms with Crippen LogP contribution >= 0.6 is 0 Å². The van der Waals surface area contributed by atoms with Gasteiger partial charge in [0.25, 0.3) is 0 Å². The summed E-state index contributed by atoms with van der Waals surface area (Å²) >= 11 is 0. The molecule has 0 radical (unpaired) electrons. The summed E-state index contributed by atoms with van der Waals surface area (Å²) in [6, 6.07) is 8.99. The fraction of sp³-hybridized carbons (Fsp3) is 0.308. The smallest absolute Gasteiger partial charge is 0.273 e. The molecule has 0 spiro atoms. The first-order valence-electron chi connectivity index (χ1n) is 5.78. The lowest BCUT2D eigenvalue weighted by Gasteiger charge is -2.07. The lowest BCUT2D eigenvalue weighted by atomic mass is 10.0. The molecular formula is C13H11F3N2. The highest BCUT2D eigenvalue weighted by atomic mass is 19.4. The number of H-pyrrole nitrogens is 1. The van der Waals surface area contributed by atoms with E-state index in [2.05, 4.69) is 10.2 Å². The number of rotatable bonds is 2. The molecule has 1 N–H and O–H groups in total. The molecule has 0 amide bonds. The highest BCUT2D eigenvalue weighted by molar-refractivity contribution is 5.65. The van der Waals surface area contributed by atoms with Crippen LogP contribution in [0.2, 0.25) is 0 Å². The lowest BCUT2D eigenvalue weighted by molar-refractivity contribution is -0.141. The molecule has 1 aliphatic rings. The van der Waals surface area contributed by atoms with Gasteiger partial charge in [0.2, 0.25) is 0 Å². The van der Waals surface area contributed by atoms with Crippen molar-refractivity contribution >= 4 is 0 Å². The van der Waals surface area contributed by atoms with Gasteiger partial charge in [-0.25, -0.2) is 0 Å². The van der Waals surface area contributed by atoms with E-state index < -0.39 is 11.9 Å². The van der Waals surface area contributed by atoms with E-state index in [0.29, 0.717) is 11.3 Å². The normalized spacial score (nSPS) is 15.9. The molecule has 5 heteroatoms. The molecule has 1 saturated carbocycles. The number of aromatic amines is 1. The van der Waals surface area contributed by atoms with Gasteiger partial charge in [0, 0.05) is 11.1 Å². The first kappa shape index (κ1) is 11.3. The summed E-state index contributed by atoms with van der Waals surface area (Å²) < 4.78 is 38.7. The third kappa shape index (κ3) is 1.89. The average molecular weight is 252 g/mol. The Morgan fingerprint density at radius 3 is 2.33 bits per heavy atom. The van der Waals surface area contributed by atoms with Crippen LogP contribution < -0.4 is 0 Å². The van der Waals surface area contributed by atoms with Gasteiger partial charge >= 0.3 is 6.18 Å². The minimum Gasteiger partial charge on any atom is -0.273 e. The predicted octanol–water partition coefficient (Wildman–Crippen LogP) is 3.97. The van der Waals surface area contributed by atoms with Gasteiger partial charge in [-0.05, 0) is 18.8 Å². The fourth-order valence-electron chi connectivity index (χ4n) is 2.15. The number of alkyl halides is 3. The molecule has 1 fully saturated rings. The summed E-state index contributed by atoms with van der Waals surface area (Å²) in [7, 11) is 0. The summed E-state index contributed by atoms with van der Waals surface area (Å²) in [5, 5.41) is 6.03. The average Bonchev–Trinajstić information content (AvgIpc) is 3.07. The van der Waals surface area contributed by atoms with Crippen molar-refractivity contribution in [2.45, 2.75) is 24.9 Å². The van der Waals surface area contributed by atoms with Crippen molar-refractivity contribution in [2.24, 2.45) is 0 Å². The lowest BCUT2D eigenvalue weighted by Crippen LogP contribution is -2.08. The van der Waals surface area contributed by atoms with Crippen LogP contribution in [-0.2, 0) is 6.18 Å². The minimum atomic E-state index is -4.36. The second-order valence-electron chi connectivity index (χ2n) is 4.50. The monoisotopic (exact) mass is 252 g/mol. The van der Waals surface area contributed by atoms with Crippen LogP contribution in [0, 0.1) is 0 Å². The van der Waals surface area contributed by atoms with E-state index in [4.69, 9.17) is 0 Å². The maximum absolute atomic E-state index is 12.9. The van der Waals surface area contributed by atoms with Gasteiger partial charge in [-0.15, -0.1) is 0 Å². The molecule has 94 valence electrons. The Bertz CT molecular complexity index is 553. The molecule has 1 heterocycles. The first-order valence-corrected chi connectivity index (χ1v) is 5.78. The zero-order valence-electron chi connectivity index (χ0n) is 9.46. The molecule has 1 aliphatic carbocycles. The van der Waals surface area contributed by atoms with Gasteiger partial charge in [0.05, 0.1) is 5.69 Å². The summed E-state index contributed by atoms with van der Waals surface area (Å²) in [6.45, 7) is 0. The molecule has 0 unspecified atom stereocenters. The zero-order valence-corrected chi connectivity index (χ0v) is 9.46. The van der Waals surface area contributed by atoms with Crippen LogP contribution in [0.5, 0.6) is 0 Å². The van der Waals surface area contributed by atoms with Gasteiger partial charge in [-0.1, -0.05) is 30.3 Å². The van der Waals surface area contributed by atoms with E-state index in [1.165, 1.54) is 0 Å². The Labute approximate surface area is 102 Å². The summed E-state index contributed by atoms with van der Waals surface area (Å²) in [5.41, 5.74) is 0.800. The number of nitrogens with zero attached hydrogens (tertiary/aromatic N) is 1. The number of nitrogens with one attached hydrogen (secondary N) is 1. The van der Waals surface area contributed by atoms with E-state index in [9.17, 15) is 13.2 Å². The topological polar surface area (TPSA) is 28.7 Å². The van der Waals surface area contributed by atoms with Crippen molar-refractivity contribution in [3.05, 3.63) is 41.6 Å². The van der Waals surface area contributed by atoms with Crippen molar-refractivity contribution in [1.29, 1.82) is 0 Å². The molecular weight excluding hydrogens is 241 g/mol. The van der Waals surface area contributed by atoms with Crippen molar-refractivity contribution in [1.82, 2.24) is 10.2 Å². The van der Waals surface area contributed by atoms with Crippen LogP contribution in [0.15, 0.2) is 30.3 Å². The Balaban J connectivity index is 2.14. The van der Waals surface area contributed by atoms with Crippen LogP contribution in [0.4, 0.5) is 13.2 Å². The van der Waals surface area contributed by atoms with Gasteiger partial charge in [0.1, 0.15) is 5.69 Å². The molecule has 3 rings (SSSR count). The van der Waals surface area contributed by atoms with Crippen LogP contribution in [-0.4, -0.2) is 10.2 Å². The van der Waals surface area contributed by atoms with Crippen molar-refractivity contribution in [2.75, 3.05) is 0 Å². The second-order valence-corrected chi connectivity index (χ2v) is 4.50. The Hall–Kier alpha value is -1.78. The van der Waals surface area contributed by atoms with Crippen molar-refractivity contribution in [3.8, 4) is 11.3 Å². The van der Waals surface area contributed by atoms with Gasteiger partial charge in [-0.3, -0.25) is 5.10 Å². The Morgan fingerprint density at radius 1 is 1.11 bits per heavy atom. The second kappa shape index (κ2) is 3.86. The molecule has 0 bridgehead atoms. The first-order chi connectivity index (χ1) is 8.57. The Morgan fingerprint density at radius 2 is 1.78 bits per heavy atom. The number of halogens is 3. The molecule has 0 saturated heterocycles. The third-order valence-corrected chi connectivity index (χ3v) is 3.12. The Kier molecular flexibility index (Phi) is 2.43. The largest absolute Gasteiger partial charge is 0.433 e. The highest BCUT2D eigenvalue weighted by Gasteiger charge is 2.42. The van der Waals surface area contributed by atoms with Crippen LogP contribution in [0.3, 0.4) is 0 Å². The molecule has 1 aromatic heterocycles. The van der Waals surface area contributed by atoms with Gasteiger partial charge in [-0.2, -0.15) is 18.3 Å². The van der Waals surface area contributed by atoms with E-state index in [-0.39, 0.29) is 5.92 Å². The zero-order chi connectivity index (χ0) is 12.8. The minimum absolute atomic E-state index is 0.00409. The van der Waals surface area contributed by atoms with Crippen molar-refractivity contribution in [3.63, 3.8) is 0 Å². The maximum atomic E-state index is 12.9.